The Hall–Kier alpha value is -4.05. The second-order valence-corrected chi connectivity index (χ2v) is 7.72. The summed E-state index contributed by atoms with van der Waals surface area (Å²) in [5, 5.41) is 16.4. The molecule has 0 aliphatic carbocycles. The van der Waals surface area contributed by atoms with Gasteiger partial charge in [0.1, 0.15) is 0 Å². The average Bonchev–Trinajstić information content (AvgIpc) is 3.59. The Kier molecular flexibility index (Phi) is 4.43. The summed E-state index contributed by atoms with van der Waals surface area (Å²) in [5.74, 6) is 1.21. The molecule has 1 aliphatic heterocycles. The number of aromatic amines is 1. The van der Waals surface area contributed by atoms with Crippen LogP contribution in [0.2, 0.25) is 0 Å². The largest absolute Gasteiger partial charge is 0.378 e. The van der Waals surface area contributed by atoms with E-state index in [4.69, 9.17) is 24.9 Å². The zero-order valence-corrected chi connectivity index (χ0v) is 17.5. The number of hydrogen-bond donors (Lipinski definition) is 1. The topological polar surface area (TPSA) is 102 Å². The predicted octanol–water partition coefficient (Wildman–Crippen LogP) is 2.51. The number of aryl methyl sites for hydroxylation is 1. The summed E-state index contributed by atoms with van der Waals surface area (Å²) < 4.78 is 9.02. The van der Waals surface area contributed by atoms with Gasteiger partial charge in [-0.3, -0.25) is 5.10 Å². The molecule has 0 atom stereocenters. The fraction of sp³-hybridized carbons (Fsp3) is 0.227. The van der Waals surface area contributed by atoms with Crippen molar-refractivity contribution < 1.29 is 4.74 Å². The average molecular weight is 427 g/mol. The molecule has 0 spiro atoms. The van der Waals surface area contributed by atoms with Crippen LogP contribution in [0.3, 0.4) is 0 Å². The maximum Gasteiger partial charge on any atom is 0.255 e. The van der Waals surface area contributed by atoms with Crippen molar-refractivity contribution in [3.8, 4) is 28.5 Å². The zero-order valence-electron chi connectivity index (χ0n) is 17.5. The van der Waals surface area contributed by atoms with E-state index in [1.165, 1.54) is 5.56 Å². The molecule has 32 heavy (non-hydrogen) atoms. The fourth-order valence-corrected chi connectivity index (χ4v) is 3.86. The zero-order chi connectivity index (χ0) is 21.5. The molecule has 0 saturated carbocycles. The van der Waals surface area contributed by atoms with E-state index in [0.29, 0.717) is 24.8 Å². The molecule has 1 saturated heterocycles. The number of anilines is 1. The number of H-pyrrole nitrogens is 1. The number of hydrogen-bond acceptors (Lipinski definition) is 7. The van der Waals surface area contributed by atoms with E-state index in [0.717, 1.165) is 41.6 Å². The van der Waals surface area contributed by atoms with Crippen LogP contribution in [0.4, 0.5) is 5.95 Å². The minimum Gasteiger partial charge on any atom is -0.378 e. The van der Waals surface area contributed by atoms with Crippen LogP contribution in [-0.2, 0) is 4.74 Å². The van der Waals surface area contributed by atoms with E-state index in [1.54, 1.807) is 15.4 Å². The summed E-state index contributed by atoms with van der Waals surface area (Å²) >= 11 is 0. The van der Waals surface area contributed by atoms with Gasteiger partial charge in [-0.2, -0.15) is 29.8 Å². The van der Waals surface area contributed by atoms with Crippen molar-refractivity contribution in [2.24, 2.45) is 0 Å². The van der Waals surface area contributed by atoms with Gasteiger partial charge in [0.2, 0.25) is 5.95 Å². The monoisotopic (exact) mass is 427 g/mol. The number of nitrogens with zero attached hydrogens (tertiary/aromatic N) is 8. The van der Waals surface area contributed by atoms with Gasteiger partial charge in [0.05, 0.1) is 30.8 Å². The van der Waals surface area contributed by atoms with Crippen LogP contribution in [0.1, 0.15) is 5.56 Å². The Morgan fingerprint density at radius 3 is 2.69 bits per heavy atom. The van der Waals surface area contributed by atoms with E-state index >= 15 is 0 Å². The van der Waals surface area contributed by atoms with Crippen molar-refractivity contribution in [2.75, 3.05) is 31.2 Å². The maximum absolute atomic E-state index is 5.53. The molecule has 10 nitrogen and oxygen atoms in total. The molecule has 5 heterocycles. The molecule has 6 rings (SSSR count). The second-order valence-electron chi connectivity index (χ2n) is 7.72. The maximum atomic E-state index is 5.53. The van der Waals surface area contributed by atoms with E-state index in [1.807, 2.05) is 30.6 Å². The van der Waals surface area contributed by atoms with Gasteiger partial charge in [-0.15, -0.1) is 0 Å². The summed E-state index contributed by atoms with van der Waals surface area (Å²) in [7, 11) is 0. The van der Waals surface area contributed by atoms with Crippen LogP contribution in [0, 0.1) is 6.92 Å². The lowest BCUT2D eigenvalue weighted by Gasteiger charge is -2.27. The Bertz CT molecular complexity index is 1380. The van der Waals surface area contributed by atoms with Crippen molar-refractivity contribution >= 4 is 11.6 Å². The van der Waals surface area contributed by atoms with Crippen LogP contribution in [0.15, 0.2) is 55.0 Å². The third kappa shape index (κ3) is 3.30. The van der Waals surface area contributed by atoms with Crippen molar-refractivity contribution in [2.45, 2.75) is 6.92 Å². The minimum atomic E-state index is 0.497. The Balaban J connectivity index is 1.47. The van der Waals surface area contributed by atoms with Gasteiger partial charge >= 0.3 is 0 Å². The van der Waals surface area contributed by atoms with E-state index < -0.39 is 0 Å². The van der Waals surface area contributed by atoms with Crippen LogP contribution in [0.5, 0.6) is 0 Å². The van der Waals surface area contributed by atoms with E-state index in [-0.39, 0.29) is 0 Å². The molecule has 1 aromatic carbocycles. The quantitative estimate of drug-likeness (QED) is 0.470. The van der Waals surface area contributed by atoms with E-state index in [9.17, 15) is 0 Å². The highest BCUT2D eigenvalue weighted by Crippen LogP contribution is 2.24. The summed E-state index contributed by atoms with van der Waals surface area (Å²) in [6.45, 7) is 4.84. The normalized spacial score (nSPS) is 14.3. The van der Waals surface area contributed by atoms with Gasteiger partial charge < -0.3 is 9.64 Å². The molecular formula is C22H21N9O. The molecule has 5 aromatic rings. The first-order valence-electron chi connectivity index (χ1n) is 10.5. The lowest BCUT2D eigenvalue weighted by atomic mass is 10.1. The van der Waals surface area contributed by atoms with Gasteiger partial charge in [-0.1, -0.05) is 23.8 Å². The summed E-state index contributed by atoms with van der Waals surface area (Å²) in [6, 6.07) is 12.2. The number of rotatable bonds is 4. The highest BCUT2D eigenvalue weighted by molar-refractivity contribution is 5.64. The number of aromatic nitrogens is 8. The van der Waals surface area contributed by atoms with Gasteiger partial charge in [0.25, 0.3) is 5.95 Å². The van der Waals surface area contributed by atoms with Gasteiger partial charge in [0, 0.05) is 42.7 Å². The second kappa shape index (κ2) is 7.57. The van der Waals surface area contributed by atoms with Gasteiger partial charge in [0.15, 0.2) is 5.65 Å². The Morgan fingerprint density at radius 2 is 1.88 bits per heavy atom. The highest BCUT2D eigenvalue weighted by atomic mass is 16.5. The Morgan fingerprint density at radius 1 is 0.969 bits per heavy atom. The lowest BCUT2D eigenvalue weighted by molar-refractivity contribution is 0.121. The van der Waals surface area contributed by atoms with Crippen molar-refractivity contribution in [3.05, 3.63) is 60.6 Å². The van der Waals surface area contributed by atoms with Gasteiger partial charge in [-0.05, 0) is 19.1 Å². The number of fused-ring (bicyclic) bond motifs is 1. The third-order valence-electron chi connectivity index (χ3n) is 5.49. The van der Waals surface area contributed by atoms with Crippen LogP contribution in [-0.4, -0.2) is 65.9 Å². The molecular weight excluding hydrogens is 406 g/mol. The number of morpholine rings is 1. The molecule has 10 heteroatoms. The number of nitrogens with one attached hydrogen (secondary N) is 1. The fourth-order valence-electron chi connectivity index (χ4n) is 3.86. The Labute approximate surface area is 183 Å². The van der Waals surface area contributed by atoms with Crippen molar-refractivity contribution in [3.63, 3.8) is 0 Å². The van der Waals surface area contributed by atoms with Crippen LogP contribution < -0.4 is 4.90 Å². The smallest absolute Gasteiger partial charge is 0.255 e. The molecule has 1 N–H and O–H groups in total. The number of benzene rings is 1. The van der Waals surface area contributed by atoms with Crippen molar-refractivity contribution in [1.29, 1.82) is 0 Å². The molecule has 0 amide bonds. The highest BCUT2D eigenvalue weighted by Gasteiger charge is 2.21. The molecule has 0 bridgehead atoms. The lowest BCUT2D eigenvalue weighted by Crippen LogP contribution is -2.38. The molecule has 0 radical (unpaired) electrons. The molecule has 1 fully saturated rings. The first-order chi connectivity index (χ1) is 15.7. The SMILES string of the molecule is Cc1cccc(-c2ccn(-c3nc(N4CCOCC4)n4nc(-c5cn[nH]c5)cc4n3)n2)c1. The van der Waals surface area contributed by atoms with Gasteiger partial charge in [-0.25, -0.2) is 4.68 Å². The summed E-state index contributed by atoms with van der Waals surface area (Å²) in [5.41, 5.74) is 5.49. The summed E-state index contributed by atoms with van der Waals surface area (Å²) in [6.07, 6.45) is 5.44. The first kappa shape index (κ1) is 18.7. The van der Waals surface area contributed by atoms with Crippen molar-refractivity contribution in [1.82, 2.24) is 39.6 Å². The molecule has 0 unspecified atom stereocenters. The third-order valence-corrected chi connectivity index (χ3v) is 5.49. The minimum absolute atomic E-state index is 0.497. The first-order valence-corrected chi connectivity index (χ1v) is 10.5. The van der Waals surface area contributed by atoms with E-state index in [2.05, 4.69) is 40.2 Å². The predicted molar refractivity (Wildman–Crippen MR) is 119 cm³/mol. The summed E-state index contributed by atoms with van der Waals surface area (Å²) in [4.78, 5) is 11.8. The van der Waals surface area contributed by atoms with Crippen LogP contribution >= 0.6 is 0 Å². The molecule has 4 aromatic heterocycles. The number of ether oxygens (including phenoxy) is 1. The standard InChI is InChI=1S/C22H21N9O/c1-15-3-2-4-16(11-15)18-5-6-30(27-18)21-25-20-12-19(17-13-23-24-14-17)28-31(20)22(26-21)29-7-9-32-10-8-29/h2-6,11-14H,7-10H2,1H3,(H,23,24). The van der Waals surface area contributed by atoms with Crippen LogP contribution in [0.25, 0.3) is 34.1 Å². The molecule has 1 aliphatic rings. The molecule has 160 valence electrons.